The molecule has 0 spiro atoms. The Labute approximate surface area is 114 Å². The summed E-state index contributed by atoms with van der Waals surface area (Å²) in [7, 11) is -3.71. The molecule has 0 saturated carbocycles. The van der Waals surface area contributed by atoms with Crippen LogP contribution in [0.25, 0.3) is 5.69 Å². The van der Waals surface area contributed by atoms with Crippen LogP contribution in [0.15, 0.2) is 54.2 Å². The van der Waals surface area contributed by atoms with E-state index in [1.165, 1.54) is 29.6 Å². The van der Waals surface area contributed by atoms with Gasteiger partial charge in [0.05, 0.1) is 17.6 Å². The summed E-state index contributed by atoms with van der Waals surface area (Å²) < 4.78 is 28.3. The largest absolute Gasteiger partial charge is 0.278 e. The van der Waals surface area contributed by atoms with E-state index in [2.05, 4.69) is 25.0 Å². The molecule has 3 rings (SSSR count). The summed E-state index contributed by atoms with van der Waals surface area (Å²) in [4.78, 5) is 3.84. The second-order valence-electron chi connectivity index (χ2n) is 3.88. The first-order valence-corrected chi connectivity index (χ1v) is 7.11. The van der Waals surface area contributed by atoms with Crippen LogP contribution in [0, 0.1) is 0 Å². The van der Waals surface area contributed by atoms with E-state index in [-0.39, 0.29) is 5.03 Å². The topological polar surface area (TPSA) is 106 Å². The molecule has 0 radical (unpaired) electrons. The molecule has 0 unspecified atom stereocenters. The van der Waals surface area contributed by atoms with E-state index in [0.717, 1.165) is 0 Å². The number of aromatic amines is 1. The van der Waals surface area contributed by atoms with Crippen molar-refractivity contribution < 1.29 is 8.42 Å². The van der Waals surface area contributed by atoms with Crippen molar-refractivity contribution in [3.63, 3.8) is 0 Å². The van der Waals surface area contributed by atoms with Crippen molar-refractivity contribution >= 4 is 15.7 Å². The fourth-order valence-corrected chi connectivity index (χ4v) is 2.67. The van der Waals surface area contributed by atoms with Crippen LogP contribution >= 0.6 is 0 Å². The summed E-state index contributed by atoms with van der Waals surface area (Å²) in [5, 5.41) is 10.0. The van der Waals surface area contributed by atoms with Gasteiger partial charge in [-0.3, -0.25) is 9.82 Å². The molecular weight excluding hydrogens is 280 g/mol. The zero-order valence-corrected chi connectivity index (χ0v) is 10.9. The molecule has 2 aromatic heterocycles. The lowest BCUT2D eigenvalue weighted by Crippen LogP contribution is -2.15. The van der Waals surface area contributed by atoms with Gasteiger partial charge in [-0.1, -0.05) is 12.1 Å². The number of nitrogens with zero attached hydrogens (tertiary/aromatic N) is 4. The minimum Gasteiger partial charge on any atom is -0.276 e. The van der Waals surface area contributed by atoms with Gasteiger partial charge >= 0.3 is 0 Å². The van der Waals surface area contributed by atoms with Gasteiger partial charge in [0, 0.05) is 0 Å². The quantitative estimate of drug-likeness (QED) is 0.739. The van der Waals surface area contributed by atoms with Gasteiger partial charge in [0.15, 0.2) is 5.03 Å². The predicted octanol–water partition coefficient (Wildman–Crippen LogP) is 0.791. The number of hydrogen-bond donors (Lipinski definition) is 2. The van der Waals surface area contributed by atoms with Gasteiger partial charge in [-0.05, 0) is 18.2 Å². The summed E-state index contributed by atoms with van der Waals surface area (Å²) in [6.45, 7) is 0. The maximum atomic E-state index is 12.2. The van der Waals surface area contributed by atoms with E-state index in [0.29, 0.717) is 11.4 Å². The Hall–Kier alpha value is -2.68. The number of aromatic nitrogens is 5. The van der Waals surface area contributed by atoms with Crippen molar-refractivity contribution in [2.45, 2.75) is 5.03 Å². The van der Waals surface area contributed by atoms with Crippen molar-refractivity contribution in [2.24, 2.45) is 0 Å². The highest BCUT2D eigenvalue weighted by Gasteiger charge is 2.17. The van der Waals surface area contributed by atoms with Crippen molar-refractivity contribution in [2.75, 3.05) is 4.72 Å². The molecule has 0 aliphatic heterocycles. The van der Waals surface area contributed by atoms with Crippen LogP contribution in [0.1, 0.15) is 0 Å². The zero-order chi connectivity index (χ0) is 14.0. The van der Waals surface area contributed by atoms with E-state index in [1.54, 1.807) is 24.3 Å². The number of anilines is 1. The molecule has 0 atom stereocenters. The van der Waals surface area contributed by atoms with Crippen LogP contribution in [-0.4, -0.2) is 33.4 Å². The van der Waals surface area contributed by atoms with Crippen LogP contribution in [0.3, 0.4) is 0 Å². The number of rotatable bonds is 4. The number of hydrogen-bond acceptors (Lipinski definition) is 5. The molecule has 8 nitrogen and oxygen atoms in total. The number of nitrogens with one attached hydrogen (secondary N) is 2. The Morgan fingerprint density at radius 3 is 2.75 bits per heavy atom. The third-order valence-corrected chi connectivity index (χ3v) is 3.87. The van der Waals surface area contributed by atoms with Gasteiger partial charge in [-0.25, -0.2) is 9.67 Å². The molecule has 3 aromatic rings. The highest BCUT2D eigenvalue weighted by Crippen LogP contribution is 2.21. The first-order valence-electron chi connectivity index (χ1n) is 5.63. The lowest BCUT2D eigenvalue weighted by molar-refractivity contribution is 0.597. The number of H-pyrrole nitrogens is 1. The van der Waals surface area contributed by atoms with Gasteiger partial charge in [0.1, 0.15) is 12.7 Å². The third kappa shape index (κ3) is 2.26. The fraction of sp³-hybridized carbons (Fsp3) is 0. The highest BCUT2D eigenvalue weighted by atomic mass is 32.2. The summed E-state index contributed by atoms with van der Waals surface area (Å²) in [5.41, 5.74) is 0.973. The lowest BCUT2D eigenvalue weighted by Gasteiger charge is -2.10. The van der Waals surface area contributed by atoms with E-state index in [9.17, 15) is 8.42 Å². The summed E-state index contributed by atoms with van der Waals surface area (Å²) in [6, 6.07) is 8.26. The molecule has 0 aliphatic carbocycles. The van der Waals surface area contributed by atoms with Crippen molar-refractivity contribution in [3.8, 4) is 5.69 Å². The Balaban J connectivity index is 2.00. The van der Waals surface area contributed by atoms with Crippen molar-refractivity contribution in [3.05, 3.63) is 49.2 Å². The highest BCUT2D eigenvalue weighted by molar-refractivity contribution is 7.92. The number of para-hydroxylation sites is 2. The monoisotopic (exact) mass is 290 g/mol. The standard InChI is InChI=1S/C11H10N6O2S/c18-20(19,11-5-6-13-15-11)16-9-3-1-2-4-10(9)17-8-12-7-14-17/h1-8,16H,(H,13,15). The van der Waals surface area contributed by atoms with Gasteiger partial charge in [-0.2, -0.15) is 18.6 Å². The maximum absolute atomic E-state index is 12.2. The second-order valence-corrected chi connectivity index (χ2v) is 5.53. The van der Waals surface area contributed by atoms with E-state index in [4.69, 9.17) is 0 Å². The van der Waals surface area contributed by atoms with Crippen LogP contribution < -0.4 is 4.72 Å². The molecule has 20 heavy (non-hydrogen) atoms. The molecule has 9 heteroatoms. The molecule has 0 saturated heterocycles. The lowest BCUT2D eigenvalue weighted by atomic mass is 10.3. The van der Waals surface area contributed by atoms with Gasteiger partial charge in [0.2, 0.25) is 0 Å². The average Bonchev–Trinajstić information content (AvgIpc) is 3.13. The zero-order valence-electron chi connectivity index (χ0n) is 10.1. The third-order valence-electron chi connectivity index (χ3n) is 2.58. The first-order chi connectivity index (χ1) is 9.67. The minimum absolute atomic E-state index is 0.00843. The predicted molar refractivity (Wildman–Crippen MR) is 70.8 cm³/mol. The van der Waals surface area contributed by atoms with E-state index in [1.807, 2.05) is 0 Å². The van der Waals surface area contributed by atoms with E-state index >= 15 is 0 Å². The van der Waals surface area contributed by atoms with Gasteiger partial charge < -0.3 is 0 Å². The van der Waals surface area contributed by atoms with Crippen LogP contribution in [0.4, 0.5) is 5.69 Å². The molecule has 102 valence electrons. The second kappa shape index (κ2) is 4.78. The Kier molecular flexibility index (Phi) is 2.95. The van der Waals surface area contributed by atoms with Crippen LogP contribution in [-0.2, 0) is 10.0 Å². The first kappa shape index (κ1) is 12.4. The SMILES string of the molecule is O=S(=O)(Nc1ccccc1-n1cncn1)c1ccn[nH]1. The Bertz CT molecular complexity index is 795. The number of sulfonamides is 1. The number of benzene rings is 1. The molecule has 0 fully saturated rings. The van der Waals surface area contributed by atoms with Crippen molar-refractivity contribution in [1.82, 2.24) is 25.0 Å². The fourth-order valence-electron chi connectivity index (χ4n) is 1.68. The molecule has 1 aromatic carbocycles. The molecule has 2 heterocycles. The molecular formula is C11H10N6O2S. The normalized spacial score (nSPS) is 11.4. The average molecular weight is 290 g/mol. The minimum atomic E-state index is -3.71. The van der Waals surface area contributed by atoms with E-state index < -0.39 is 10.0 Å². The van der Waals surface area contributed by atoms with Gasteiger partial charge in [-0.15, -0.1) is 0 Å². The van der Waals surface area contributed by atoms with Crippen molar-refractivity contribution in [1.29, 1.82) is 0 Å². The Morgan fingerprint density at radius 1 is 1.20 bits per heavy atom. The summed E-state index contributed by atoms with van der Waals surface area (Å²) in [5.74, 6) is 0. The summed E-state index contributed by atoms with van der Waals surface area (Å²) >= 11 is 0. The van der Waals surface area contributed by atoms with Crippen LogP contribution in [0.2, 0.25) is 0 Å². The van der Waals surface area contributed by atoms with Crippen LogP contribution in [0.5, 0.6) is 0 Å². The van der Waals surface area contributed by atoms with Gasteiger partial charge in [0.25, 0.3) is 10.0 Å². The molecule has 0 amide bonds. The molecule has 0 bridgehead atoms. The molecule has 0 aliphatic rings. The summed E-state index contributed by atoms with van der Waals surface area (Å²) in [6.07, 6.45) is 4.24. The smallest absolute Gasteiger partial charge is 0.276 e. The maximum Gasteiger partial charge on any atom is 0.278 e. The Morgan fingerprint density at radius 2 is 2.05 bits per heavy atom. The molecule has 2 N–H and O–H groups in total.